The van der Waals surface area contributed by atoms with Crippen LogP contribution in [0.3, 0.4) is 0 Å². The first-order valence-electron chi connectivity index (χ1n) is 11.8. The van der Waals surface area contributed by atoms with Crippen molar-refractivity contribution in [1.82, 2.24) is 19.6 Å². The first kappa shape index (κ1) is 23.3. The summed E-state index contributed by atoms with van der Waals surface area (Å²) in [6.45, 7) is 13.6. The molecule has 8 nitrogen and oxygen atoms in total. The molecule has 3 heterocycles. The third-order valence-electron chi connectivity index (χ3n) is 6.16. The van der Waals surface area contributed by atoms with Gasteiger partial charge < -0.3 is 14.5 Å². The number of esters is 1. The van der Waals surface area contributed by atoms with Crippen LogP contribution in [0.5, 0.6) is 0 Å². The molecule has 0 radical (unpaired) electrons. The number of benzene rings is 1. The van der Waals surface area contributed by atoms with Crippen LogP contribution < -0.4 is 4.90 Å². The van der Waals surface area contributed by atoms with E-state index >= 15 is 0 Å². The van der Waals surface area contributed by atoms with Crippen LogP contribution in [0.4, 0.5) is 10.5 Å². The van der Waals surface area contributed by atoms with Crippen molar-refractivity contribution in [2.75, 3.05) is 44.2 Å². The number of aryl methyl sites for hydroxylation is 1. The van der Waals surface area contributed by atoms with Crippen LogP contribution in [0.25, 0.3) is 0 Å². The lowest BCUT2D eigenvalue weighted by Gasteiger charge is -2.34. The molecule has 0 atom stereocenters. The molecule has 33 heavy (non-hydrogen) atoms. The minimum Gasteiger partial charge on any atom is -0.455 e. The lowest BCUT2D eigenvalue weighted by atomic mass is 10.1. The number of carbonyl (C=O) groups excluding carboxylic acids is 2. The van der Waals surface area contributed by atoms with Gasteiger partial charge in [-0.05, 0) is 63.8 Å². The Bertz CT molecular complexity index is 996. The zero-order valence-corrected chi connectivity index (χ0v) is 20.2. The molecule has 2 fully saturated rings. The van der Waals surface area contributed by atoms with E-state index < -0.39 is 11.6 Å². The number of aromatic nitrogens is 2. The Morgan fingerprint density at radius 1 is 1.00 bits per heavy atom. The van der Waals surface area contributed by atoms with Crippen molar-refractivity contribution < 1.29 is 14.3 Å². The van der Waals surface area contributed by atoms with E-state index in [1.54, 1.807) is 25.7 Å². The Balaban J connectivity index is 1.32. The lowest BCUT2D eigenvalue weighted by Crippen LogP contribution is -2.49. The Morgan fingerprint density at radius 2 is 1.70 bits per heavy atom. The van der Waals surface area contributed by atoms with Crippen LogP contribution in [0, 0.1) is 6.92 Å². The second-order valence-corrected chi connectivity index (χ2v) is 10.0. The number of anilines is 1. The third-order valence-corrected chi connectivity index (χ3v) is 6.16. The van der Waals surface area contributed by atoms with E-state index in [-0.39, 0.29) is 11.7 Å². The van der Waals surface area contributed by atoms with Crippen molar-refractivity contribution in [3.05, 3.63) is 47.3 Å². The molecule has 2 aliphatic rings. The number of ether oxygens (including phenoxy) is 1. The highest BCUT2D eigenvalue weighted by Gasteiger charge is 2.25. The summed E-state index contributed by atoms with van der Waals surface area (Å²) in [6.07, 6.45) is 4.07. The number of piperazine rings is 1. The molecule has 2 aliphatic heterocycles. The van der Waals surface area contributed by atoms with E-state index in [0.717, 1.165) is 32.7 Å². The van der Waals surface area contributed by atoms with Gasteiger partial charge in [0.2, 0.25) is 0 Å². The maximum atomic E-state index is 12.9. The minimum atomic E-state index is -0.603. The van der Waals surface area contributed by atoms with Gasteiger partial charge in [-0.2, -0.15) is 9.78 Å². The molecular weight excluding hydrogens is 418 g/mol. The van der Waals surface area contributed by atoms with Gasteiger partial charge in [0.1, 0.15) is 5.60 Å². The van der Waals surface area contributed by atoms with Crippen molar-refractivity contribution >= 4 is 17.7 Å². The average molecular weight is 454 g/mol. The van der Waals surface area contributed by atoms with Crippen LogP contribution in [-0.2, 0) is 11.3 Å². The quantitative estimate of drug-likeness (QED) is 0.660. The zero-order valence-electron chi connectivity index (χ0n) is 20.2. The van der Waals surface area contributed by atoms with Crippen molar-refractivity contribution in [2.24, 2.45) is 0 Å². The number of hydrogen-bond acceptors (Lipinski definition) is 6. The summed E-state index contributed by atoms with van der Waals surface area (Å²) < 4.78 is 6.57. The van der Waals surface area contributed by atoms with Crippen molar-refractivity contribution in [2.45, 2.75) is 52.7 Å². The maximum Gasteiger partial charge on any atom is 0.359 e. The number of amides is 1. The smallest absolute Gasteiger partial charge is 0.359 e. The van der Waals surface area contributed by atoms with Gasteiger partial charge >= 0.3 is 12.0 Å². The summed E-state index contributed by atoms with van der Waals surface area (Å²) in [5, 5.41) is 4.14. The van der Waals surface area contributed by atoms with Crippen LogP contribution >= 0.6 is 0 Å². The standard InChI is InChI=1S/C25H35N5O3/c1-19-7-8-20(17-22(19)28-10-5-6-11-28)18-27-13-15-29(16-14-27)24(32)30-12-9-21(26-30)23(31)33-25(2,3)4/h7-9,12,17H,5-6,10-11,13-16,18H2,1-4H3. The maximum absolute atomic E-state index is 12.9. The monoisotopic (exact) mass is 453 g/mol. The molecule has 8 heteroatoms. The van der Waals surface area contributed by atoms with E-state index in [0.29, 0.717) is 13.1 Å². The van der Waals surface area contributed by atoms with Gasteiger partial charge in [0, 0.05) is 57.7 Å². The molecule has 1 amide bonds. The van der Waals surface area contributed by atoms with Crippen molar-refractivity contribution in [1.29, 1.82) is 0 Å². The van der Waals surface area contributed by atoms with Crippen LogP contribution in [0.15, 0.2) is 30.5 Å². The molecule has 0 spiro atoms. The molecular formula is C25H35N5O3. The largest absolute Gasteiger partial charge is 0.455 e. The molecule has 1 aromatic heterocycles. The van der Waals surface area contributed by atoms with Gasteiger partial charge in [0.05, 0.1) is 0 Å². The molecule has 0 unspecified atom stereocenters. The highest BCUT2D eigenvalue weighted by atomic mass is 16.6. The SMILES string of the molecule is Cc1ccc(CN2CCN(C(=O)n3ccc(C(=O)OC(C)(C)C)n3)CC2)cc1N1CCCC1. The normalized spacial score (nSPS) is 17.5. The molecule has 0 bridgehead atoms. The summed E-state index contributed by atoms with van der Waals surface area (Å²) in [5.41, 5.74) is 3.55. The summed E-state index contributed by atoms with van der Waals surface area (Å²) >= 11 is 0. The van der Waals surface area contributed by atoms with Gasteiger partial charge in [-0.3, -0.25) is 4.90 Å². The van der Waals surface area contributed by atoms with Gasteiger partial charge in [0.15, 0.2) is 5.69 Å². The predicted octanol–water partition coefficient (Wildman–Crippen LogP) is 3.53. The van der Waals surface area contributed by atoms with E-state index in [4.69, 9.17) is 4.74 Å². The highest BCUT2D eigenvalue weighted by molar-refractivity contribution is 5.88. The summed E-state index contributed by atoms with van der Waals surface area (Å²) in [6, 6.07) is 8.09. The predicted molar refractivity (Wildman–Crippen MR) is 128 cm³/mol. The van der Waals surface area contributed by atoms with E-state index in [1.807, 2.05) is 0 Å². The fraction of sp³-hybridized carbons (Fsp3) is 0.560. The van der Waals surface area contributed by atoms with Crippen LogP contribution in [0.1, 0.15) is 55.2 Å². The third kappa shape index (κ3) is 5.74. The lowest BCUT2D eigenvalue weighted by molar-refractivity contribution is 0.00623. The fourth-order valence-electron chi connectivity index (χ4n) is 4.42. The second-order valence-electron chi connectivity index (χ2n) is 10.0. The van der Waals surface area contributed by atoms with E-state index in [9.17, 15) is 9.59 Å². The zero-order chi connectivity index (χ0) is 23.6. The van der Waals surface area contributed by atoms with Crippen molar-refractivity contribution in [3.63, 3.8) is 0 Å². The summed E-state index contributed by atoms with van der Waals surface area (Å²) in [5.74, 6) is -0.523. The molecule has 2 saturated heterocycles. The van der Waals surface area contributed by atoms with Gasteiger partial charge in [-0.25, -0.2) is 9.59 Å². The van der Waals surface area contributed by atoms with Gasteiger partial charge in [-0.1, -0.05) is 12.1 Å². The van der Waals surface area contributed by atoms with Gasteiger partial charge in [-0.15, -0.1) is 0 Å². The van der Waals surface area contributed by atoms with E-state index in [1.165, 1.54) is 46.6 Å². The first-order valence-corrected chi connectivity index (χ1v) is 11.8. The molecule has 0 aliphatic carbocycles. The average Bonchev–Trinajstić information content (AvgIpc) is 3.46. The summed E-state index contributed by atoms with van der Waals surface area (Å²) in [4.78, 5) is 31.7. The number of nitrogens with zero attached hydrogens (tertiary/aromatic N) is 5. The van der Waals surface area contributed by atoms with E-state index in [2.05, 4.69) is 40.0 Å². The summed E-state index contributed by atoms with van der Waals surface area (Å²) in [7, 11) is 0. The molecule has 2 aromatic rings. The Labute approximate surface area is 196 Å². The van der Waals surface area contributed by atoms with Crippen LogP contribution in [0.2, 0.25) is 0 Å². The van der Waals surface area contributed by atoms with Crippen LogP contribution in [-0.4, -0.2) is 76.5 Å². The minimum absolute atomic E-state index is 0.144. The second kappa shape index (κ2) is 9.55. The molecule has 0 saturated carbocycles. The highest BCUT2D eigenvalue weighted by Crippen LogP contribution is 2.26. The van der Waals surface area contributed by atoms with Gasteiger partial charge in [0.25, 0.3) is 0 Å². The molecule has 1 aromatic carbocycles. The van der Waals surface area contributed by atoms with Crippen molar-refractivity contribution in [3.8, 4) is 0 Å². The fourth-order valence-corrected chi connectivity index (χ4v) is 4.42. The number of carbonyl (C=O) groups is 2. The number of rotatable bonds is 4. The topological polar surface area (TPSA) is 70.9 Å². The Morgan fingerprint density at radius 3 is 2.36 bits per heavy atom. The molecule has 178 valence electrons. The first-order chi connectivity index (χ1) is 15.7. The number of hydrogen-bond donors (Lipinski definition) is 0. The molecule has 0 N–H and O–H groups in total. The Hall–Kier alpha value is -2.87. The molecule has 4 rings (SSSR count). The Kier molecular flexibility index (Phi) is 6.74.